The number of nitrogens with zero attached hydrogens (tertiary/aromatic N) is 3. The van der Waals surface area contributed by atoms with Gasteiger partial charge in [-0.1, -0.05) is 19.3 Å². The second-order valence-electron chi connectivity index (χ2n) is 5.49. The van der Waals surface area contributed by atoms with Crippen LogP contribution in [-0.2, 0) is 12.5 Å². The number of alkyl halides is 1. The van der Waals surface area contributed by atoms with Gasteiger partial charge >= 0.3 is 0 Å². The number of rotatable bonds is 5. The average Bonchev–Trinajstić information content (AvgIpc) is 3.03. The van der Waals surface area contributed by atoms with E-state index in [1.807, 2.05) is 18.2 Å². The molecule has 1 aliphatic rings. The van der Waals surface area contributed by atoms with Crippen molar-refractivity contribution in [3.05, 3.63) is 42.0 Å². The van der Waals surface area contributed by atoms with Crippen molar-refractivity contribution in [1.82, 2.24) is 14.8 Å². The molecular weight excluding hydrogens is 286 g/mol. The highest BCUT2D eigenvalue weighted by molar-refractivity contribution is 6.16. The zero-order chi connectivity index (χ0) is 14.5. The summed E-state index contributed by atoms with van der Waals surface area (Å²) in [6.07, 6.45) is 10.2. The molecule has 0 spiro atoms. The molecule has 0 unspecified atom stereocenters. The smallest absolute Gasteiger partial charge is 0.138 e. The number of pyridine rings is 1. The van der Waals surface area contributed by atoms with Crippen molar-refractivity contribution in [2.75, 3.05) is 0 Å². The lowest BCUT2D eigenvalue weighted by Crippen LogP contribution is -2.13. The molecule has 0 N–H and O–H groups in total. The van der Waals surface area contributed by atoms with Crippen LogP contribution in [0.15, 0.2) is 30.6 Å². The predicted molar refractivity (Wildman–Crippen MR) is 82.5 cm³/mol. The molecule has 0 aliphatic heterocycles. The summed E-state index contributed by atoms with van der Waals surface area (Å²) in [5, 5.41) is 4.63. The molecule has 0 saturated heterocycles. The highest BCUT2D eigenvalue weighted by Gasteiger charge is 2.16. The van der Waals surface area contributed by atoms with Crippen molar-refractivity contribution >= 4 is 11.6 Å². The molecule has 1 aliphatic carbocycles. The van der Waals surface area contributed by atoms with Crippen LogP contribution in [0, 0.1) is 0 Å². The largest absolute Gasteiger partial charge is 0.486 e. The van der Waals surface area contributed by atoms with E-state index >= 15 is 0 Å². The summed E-state index contributed by atoms with van der Waals surface area (Å²) in [7, 11) is 0. The Labute approximate surface area is 130 Å². The van der Waals surface area contributed by atoms with E-state index in [0.717, 1.165) is 17.1 Å². The van der Waals surface area contributed by atoms with Crippen molar-refractivity contribution in [3.8, 4) is 5.75 Å². The van der Waals surface area contributed by atoms with E-state index < -0.39 is 0 Å². The summed E-state index contributed by atoms with van der Waals surface area (Å²) >= 11 is 5.71. The second kappa shape index (κ2) is 6.94. The molecule has 0 radical (unpaired) electrons. The minimum Gasteiger partial charge on any atom is -0.486 e. The molecule has 112 valence electrons. The fourth-order valence-corrected chi connectivity index (χ4v) is 2.89. The molecule has 2 aromatic heterocycles. The van der Waals surface area contributed by atoms with E-state index in [1.165, 1.54) is 32.1 Å². The first-order chi connectivity index (χ1) is 10.3. The van der Waals surface area contributed by atoms with Gasteiger partial charge in [0.2, 0.25) is 0 Å². The molecule has 0 bridgehead atoms. The van der Waals surface area contributed by atoms with Crippen molar-refractivity contribution in [3.63, 3.8) is 0 Å². The van der Waals surface area contributed by atoms with Crippen LogP contribution >= 0.6 is 11.6 Å². The van der Waals surface area contributed by atoms with E-state index in [1.54, 1.807) is 6.20 Å². The normalized spacial score (nSPS) is 16.0. The standard InChI is InChI=1S/C16H20ClN3O/c17-10-13-6-7-16(11-18-13)21-12-14-8-9-20(19-14)15-4-2-1-3-5-15/h6-9,11,15H,1-5,10,12H2. The van der Waals surface area contributed by atoms with Gasteiger partial charge in [-0.2, -0.15) is 5.10 Å². The summed E-state index contributed by atoms with van der Waals surface area (Å²) < 4.78 is 7.81. The maximum atomic E-state index is 5.71. The minimum atomic E-state index is 0.423. The molecule has 3 rings (SSSR count). The molecule has 2 aromatic rings. The number of hydrogen-bond acceptors (Lipinski definition) is 3. The van der Waals surface area contributed by atoms with Crippen LogP contribution in [0.1, 0.15) is 49.5 Å². The van der Waals surface area contributed by atoms with E-state index in [2.05, 4.69) is 21.0 Å². The second-order valence-corrected chi connectivity index (χ2v) is 5.75. The van der Waals surface area contributed by atoms with Gasteiger partial charge in [-0.25, -0.2) is 0 Å². The van der Waals surface area contributed by atoms with Crippen LogP contribution in [0.25, 0.3) is 0 Å². The summed E-state index contributed by atoms with van der Waals surface area (Å²) in [4.78, 5) is 4.21. The topological polar surface area (TPSA) is 39.9 Å². The maximum absolute atomic E-state index is 5.71. The zero-order valence-corrected chi connectivity index (χ0v) is 12.8. The third-order valence-corrected chi connectivity index (χ3v) is 4.21. The Bertz CT molecular complexity index is 561. The summed E-state index contributed by atoms with van der Waals surface area (Å²) in [6, 6.07) is 6.37. The van der Waals surface area contributed by atoms with Gasteiger partial charge in [-0.15, -0.1) is 11.6 Å². The van der Waals surface area contributed by atoms with Gasteiger partial charge in [0.05, 0.1) is 29.5 Å². The lowest BCUT2D eigenvalue weighted by Gasteiger charge is -2.21. The quantitative estimate of drug-likeness (QED) is 0.781. The van der Waals surface area contributed by atoms with Crippen LogP contribution in [0.2, 0.25) is 0 Å². The minimum absolute atomic E-state index is 0.423. The third-order valence-electron chi connectivity index (χ3n) is 3.93. The van der Waals surface area contributed by atoms with Crippen LogP contribution < -0.4 is 4.74 Å². The van der Waals surface area contributed by atoms with Gasteiger partial charge in [-0.3, -0.25) is 9.67 Å². The van der Waals surface area contributed by atoms with Gasteiger partial charge in [0, 0.05) is 6.20 Å². The zero-order valence-electron chi connectivity index (χ0n) is 12.0. The van der Waals surface area contributed by atoms with Crippen LogP contribution in [0.5, 0.6) is 5.75 Å². The lowest BCUT2D eigenvalue weighted by atomic mass is 9.96. The molecule has 4 nitrogen and oxygen atoms in total. The molecule has 1 saturated carbocycles. The van der Waals surface area contributed by atoms with Crippen molar-refractivity contribution in [2.24, 2.45) is 0 Å². The average molecular weight is 306 g/mol. The van der Waals surface area contributed by atoms with Crippen LogP contribution in [0.3, 0.4) is 0 Å². The number of halogens is 1. The SMILES string of the molecule is ClCc1ccc(OCc2ccn(C3CCCCC3)n2)cn1. The Hall–Kier alpha value is -1.55. The number of hydrogen-bond donors (Lipinski definition) is 0. The highest BCUT2D eigenvalue weighted by Crippen LogP contribution is 2.27. The molecule has 0 amide bonds. The van der Waals surface area contributed by atoms with Gasteiger partial charge in [0.15, 0.2) is 0 Å². The number of ether oxygens (including phenoxy) is 1. The molecule has 0 aromatic carbocycles. The molecule has 21 heavy (non-hydrogen) atoms. The fraction of sp³-hybridized carbons (Fsp3) is 0.500. The fourth-order valence-electron chi connectivity index (χ4n) is 2.74. The first kappa shape index (κ1) is 14.4. The van der Waals surface area contributed by atoms with Crippen LogP contribution in [-0.4, -0.2) is 14.8 Å². The Balaban J connectivity index is 1.56. The Morgan fingerprint density at radius 3 is 2.71 bits per heavy atom. The van der Waals surface area contributed by atoms with Gasteiger partial charge in [-0.05, 0) is 31.0 Å². The van der Waals surface area contributed by atoms with Crippen LogP contribution in [0.4, 0.5) is 0 Å². The lowest BCUT2D eigenvalue weighted by molar-refractivity contribution is 0.290. The molecule has 1 fully saturated rings. The van der Waals surface area contributed by atoms with E-state index in [9.17, 15) is 0 Å². The van der Waals surface area contributed by atoms with E-state index in [-0.39, 0.29) is 0 Å². The molecular formula is C16H20ClN3O. The monoisotopic (exact) mass is 305 g/mol. The molecule has 2 heterocycles. The highest BCUT2D eigenvalue weighted by atomic mass is 35.5. The third kappa shape index (κ3) is 3.76. The predicted octanol–water partition coefficient (Wildman–Crippen LogP) is 4.10. The first-order valence-electron chi connectivity index (χ1n) is 7.53. The van der Waals surface area contributed by atoms with E-state index in [0.29, 0.717) is 18.5 Å². The Morgan fingerprint density at radius 2 is 2.00 bits per heavy atom. The maximum Gasteiger partial charge on any atom is 0.138 e. The van der Waals surface area contributed by atoms with Gasteiger partial charge < -0.3 is 4.74 Å². The Kier molecular flexibility index (Phi) is 4.76. The first-order valence-corrected chi connectivity index (χ1v) is 8.06. The Morgan fingerprint density at radius 1 is 1.14 bits per heavy atom. The van der Waals surface area contributed by atoms with Crippen molar-refractivity contribution < 1.29 is 4.74 Å². The van der Waals surface area contributed by atoms with Gasteiger partial charge in [0.1, 0.15) is 12.4 Å². The van der Waals surface area contributed by atoms with Crippen molar-refractivity contribution in [2.45, 2.75) is 50.6 Å². The summed E-state index contributed by atoms with van der Waals surface area (Å²) in [5.41, 5.74) is 1.81. The van der Waals surface area contributed by atoms with E-state index in [4.69, 9.17) is 16.3 Å². The summed E-state index contributed by atoms with van der Waals surface area (Å²) in [5.74, 6) is 1.17. The molecule has 5 heteroatoms. The molecule has 0 atom stereocenters. The summed E-state index contributed by atoms with van der Waals surface area (Å²) in [6.45, 7) is 0.474. The number of aromatic nitrogens is 3. The van der Waals surface area contributed by atoms with Gasteiger partial charge in [0.25, 0.3) is 0 Å². The van der Waals surface area contributed by atoms with Crippen molar-refractivity contribution in [1.29, 1.82) is 0 Å².